The summed E-state index contributed by atoms with van der Waals surface area (Å²) in [4.78, 5) is 0.0864. The molecule has 1 fully saturated rings. The third-order valence-electron chi connectivity index (χ3n) is 4.25. The molecule has 2 aromatic rings. The molecule has 0 radical (unpaired) electrons. The lowest BCUT2D eigenvalue weighted by Crippen LogP contribution is -2.40. The van der Waals surface area contributed by atoms with Crippen LogP contribution in [-0.2, 0) is 31.3 Å². The van der Waals surface area contributed by atoms with Crippen LogP contribution >= 0.6 is 9.24 Å². The zero-order valence-electron chi connectivity index (χ0n) is 14.5. The van der Waals surface area contributed by atoms with Crippen LogP contribution in [0.15, 0.2) is 58.3 Å². The molecule has 1 unspecified atom stereocenters. The Balaban J connectivity index is 1.75. The molecule has 27 heavy (non-hydrogen) atoms. The summed E-state index contributed by atoms with van der Waals surface area (Å²) < 4.78 is 59.2. The van der Waals surface area contributed by atoms with Crippen molar-refractivity contribution in [3.8, 4) is 0 Å². The first kappa shape index (κ1) is 20.4. The third-order valence-corrected chi connectivity index (χ3v) is 8.14. The second kappa shape index (κ2) is 8.34. The van der Waals surface area contributed by atoms with Crippen LogP contribution in [0.3, 0.4) is 0 Å². The molecule has 0 spiro atoms. The Morgan fingerprint density at radius 1 is 0.926 bits per heavy atom. The van der Waals surface area contributed by atoms with Crippen LogP contribution in [0.4, 0.5) is 0 Å². The summed E-state index contributed by atoms with van der Waals surface area (Å²) in [6, 6.07) is 12.7. The first-order chi connectivity index (χ1) is 12.8. The molecule has 0 bridgehead atoms. The highest BCUT2D eigenvalue weighted by Crippen LogP contribution is 2.19. The second-order valence-corrected chi connectivity index (χ2v) is 10.3. The van der Waals surface area contributed by atoms with Crippen molar-refractivity contribution in [2.24, 2.45) is 0 Å². The number of rotatable bonds is 6. The smallest absolute Gasteiger partial charge is 0.243 e. The van der Waals surface area contributed by atoms with Gasteiger partial charge in [0.15, 0.2) is 0 Å². The molecule has 2 aromatic carbocycles. The molecule has 10 heteroatoms. The second-order valence-electron chi connectivity index (χ2n) is 6.01. The van der Waals surface area contributed by atoms with Crippen LogP contribution in [0.25, 0.3) is 0 Å². The van der Waals surface area contributed by atoms with Gasteiger partial charge in [0, 0.05) is 19.6 Å². The molecule has 1 aliphatic heterocycles. The van der Waals surface area contributed by atoms with Crippen molar-refractivity contribution in [3.63, 3.8) is 0 Å². The van der Waals surface area contributed by atoms with Gasteiger partial charge in [-0.2, -0.15) is 4.31 Å². The molecule has 146 valence electrons. The molecule has 1 heterocycles. The van der Waals surface area contributed by atoms with Crippen LogP contribution in [0, 0.1) is 0 Å². The van der Waals surface area contributed by atoms with Gasteiger partial charge in [0.2, 0.25) is 20.0 Å². The number of sulfonamides is 2. The molecule has 1 N–H and O–H groups in total. The summed E-state index contributed by atoms with van der Waals surface area (Å²) in [5, 5.41) is 0.909. The monoisotopic (exact) mass is 428 g/mol. The minimum atomic E-state index is -3.75. The lowest BCUT2D eigenvalue weighted by atomic mass is 10.2. The lowest BCUT2D eigenvalue weighted by Gasteiger charge is -2.26. The quantitative estimate of drug-likeness (QED) is 0.684. The van der Waals surface area contributed by atoms with E-state index in [0.29, 0.717) is 26.3 Å². The maximum atomic E-state index is 12.6. The molecule has 0 amide bonds. The summed E-state index contributed by atoms with van der Waals surface area (Å²) in [6.45, 7) is 1.44. The maximum absolute atomic E-state index is 12.6. The SMILES string of the molecule is O=S(=O)(NCc1ccccc1P)c1ccc(S(=O)(=O)N2CCOCC2)cc1. The van der Waals surface area contributed by atoms with Gasteiger partial charge in [-0.1, -0.05) is 24.3 Å². The average Bonchev–Trinajstić information content (AvgIpc) is 2.68. The van der Waals surface area contributed by atoms with Gasteiger partial charge in [0.25, 0.3) is 0 Å². The van der Waals surface area contributed by atoms with E-state index in [1.165, 1.54) is 28.6 Å². The Labute approximate surface area is 162 Å². The fraction of sp³-hybridized carbons (Fsp3) is 0.294. The fourth-order valence-electron chi connectivity index (χ4n) is 2.68. The van der Waals surface area contributed by atoms with Gasteiger partial charge in [0.1, 0.15) is 0 Å². The van der Waals surface area contributed by atoms with E-state index in [1.54, 1.807) is 0 Å². The predicted molar refractivity (Wildman–Crippen MR) is 106 cm³/mol. The first-order valence-electron chi connectivity index (χ1n) is 8.32. The number of nitrogens with one attached hydrogen (secondary N) is 1. The minimum Gasteiger partial charge on any atom is -0.379 e. The summed E-state index contributed by atoms with van der Waals surface area (Å²) in [6.07, 6.45) is 0. The van der Waals surface area contributed by atoms with E-state index in [1.807, 2.05) is 24.3 Å². The lowest BCUT2D eigenvalue weighted by molar-refractivity contribution is 0.0730. The Kier molecular flexibility index (Phi) is 6.30. The molecule has 3 rings (SSSR count). The van der Waals surface area contributed by atoms with E-state index in [-0.39, 0.29) is 16.3 Å². The van der Waals surface area contributed by atoms with Crippen molar-refractivity contribution < 1.29 is 21.6 Å². The molecule has 0 aliphatic carbocycles. The summed E-state index contributed by atoms with van der Waals surface area (Å²) in [5.74, 6) is 0. The van der Waals surface area contributed by atoms with Crippen molar-refractivity contribution in [3.05, 3.63) is 54.1 Å². The molecular formula is C17H21N2O5PS2. The van der Waals surface area contributed by atoms with Crippen molar-refractivity contribution in [2.75, 3.05) is 26.3 Å². The standard InChI is InChI=1S/C17H21N2O5PS2/c20-26(21,18-13-14-3-1-2-4-17(14)25)15-5-7-16(8-6-15)27(22,23)19-9-11-24-12-10-19/h1-8,18H,9-13,25H2. The van der Waals surface area contributed by atoms with E-state index in [9.17, 15) is 16.8 Å². The Morgan fingerprint density at radius 3 is 2.15 bits per heavy atom. The highest BCUT2D eigenvalue weighted by atomic mass is 32.2. The fourth-order valence-corrected chi connectivity index (χ4v) is 5.40. The van der Waals surface area contributed by atoms with E-state index >= 15 is 0 Å². The van der Waals surface area contributed by atoms with E-state index < -0.39 is 20.0 Å². The number of hydrogen-bond acceptors (Lipinski definition) is 5. The molecule has 1 atom stereocenters. The Morgan fingerprint density at radius 2 is 1.52 bits per heavy atom. The van der Waals surface area contributed by atoms with Crippen molar-refractivity contribution >= 4 is 34.6 Å². The summed E-state index contributed by atoms with van der Waals surface area (Å²) in [7, 11) is -4.84. The number of morpholine rings is 1. The number of ether oxygens (including phenoxy) is 1. The average molecular weight is 428 g/mol. The third kappa shape index (κ3) is 4.74. The van der Waals surface area contributed by atoms with Crippen LogP contribution in [0.5, 0.6) is 0 Å². The Bertz CT molecular complexity index is 1000. The zero-order valence-corrected chi connectivity index (χ0v) is 17.3. The van der Waals surface area contributed by atoms with Crippen LogP contribution in [0.2, 0.25) is 0 Å². The predicted octanol–water partition coefficient (Wildman–Crippen LogP) is 0.686. The van der Waals surface area contributed by atoms with Crippen LogP contribution in [-0.4, -0.2) is 47.4 Å². The highest BCUT2D eigenvalue weighted by molar-refractivity contribution is 7.89. The highest BCUT2D eigenvalue weighted by Gasteiger charge is 2.26. The minimum absolute atomic E-state index is 0.0182. The van der Waals surface area contributed by atoms with E-state index in [0.717, 1.165) is 10.9 Å². The molecule has 1 aliphatic rings. The molecule has 0 aromatic heterocycles. The van der Waals surface area contributed by atoms with Crippen LogP contribution in [0.1, 0.15) is 5.56 Å². The molecule has 1 saturated heterocycles. The molecule has 0 saturated carbocycles. The molecular weight excluding hydrogens is 407 g/mol. The number of nitrogens with zero attached hydrogens (tertiary/aromatic N) is 1. The largest absolute Gasteiger partial charge is 0.379 e. The molecule has 7 nitrogen and oxygen atoms in total. The van der Waals surface area contributed by atoms with Crippen molar-refractivity contribution in [1.29, 1.82) is 0 Å². The van der Waals surface area contributed by atoms with Gasteiger partial charge in [-0.15, -0.1) is 9.24 Å². The van der Waals surface area contributed by atoms with E-state index in [2.05, 4.69) is 14.0 Å². The van der Waals surface area contributed by atoms with Crippen molar-refractivity contribution in [1.82, 2.24) is 9.03 Å². The van der Waals surface area contributed by atoms with Crippen LogP contribution < -0.4 is 10.0 Å². The van der Waals surface area contributed by atoms with Gasteiger partial charge >= 0.3 is 0 Å². The summed E-state index contributed by atoms with van der Waals surface area (Å²) >= 11 is 0. The normalized spacial score (nSPS) is 16.3. The topological polar surface area (TPSA) is 92.8 Å². The summed E-state index contributed by atoms with van der Waals surface area (Å²) in [5.41, 5.74) is 0.845. The van der Waals surface area contributed by atoms with Gasteiger partial charge in [0.05, 0.1) is 23.0 Å². The van der Waals surface area contributed by atoms with E-state index in [4.69, 9.17) is 4.74 Å². The first-order valence-corrected chi connectivity index (χ1v) is 11.8. The number of hydrogen-bond donors (Lipinski definition) is 1. The maximum Gasteiger partial charge on any atom is 0.243 e. The van der Waals surface area contributed by atoms with Gasteiger partial charge in [-0.25, -0.2) is 21.6 Å². The Hall–Kier alpha value is -1.35. The van der Waals surface area contributed by atoms with Gasteiger partial charge in [-0.05, 0) is 35.1 Å². The van der Waals surface area contributed by atoms with Gasteiger partial charge in [-0.3, -0.25) is 0 Å². The van der Waals surface area contributed by atoms with Gasteiger partial charge < -0.3 is 4.74 Å². The zero-order chi connectivity index (χ0) is 19.5. The number of benzene rings is 2. The van der Waals surface area contributed by atoms with Crippen molar-refractivity contribution in [2.45, 2.75) is 16.3 Å².